The number of methoxy groups -OCH3 is 1. The van der Waals surface area contributed by atoms with Crippen LogP contribution in [0, 0.1) is 11.7 Å². The van der Waals surface area contributed by atoms with E-state index in [1.807, 2.05) is 24.3 Å². The second kappa shape index (κ2) is 10.7. The summed E-state index contributed by atoms with van der Waals surface area (Å²) in [6, 6.07) is 15.9. The van der Waals surface area contributed by atoms with Gasteiger partial charge in [0.05, 0.1) is 12.6 Å². The first-order valence-corrected chi connectivity index (χ1v) is 13.5. The van der Waals surface area contributed by atoms with Crippen molar-refractivity contribution in [2.75, 3.05) is 62.7 Å². The van der Waals surface area contributed by atoms with Crippen LogP contribution in [-0.4, -0.2) is 68.8 Å². The molecule has 1 aromatic heterocycles. The maximum absolute atomic E-state index is 13.4. The van der Waals surface area contributed by atoms with Crippen LogP contribution in [0.4, 0.5) is 15.9 Å². The lowest BCUT2D eigenvalue weighted by atomic mass is 10.1. The number of fused-ring (bicyclic) bond motifs is 3. The van der Waals surface area contributed by atoms with Crippen LogP contribution in [0.1, 0.15) is 18.4 Å². The predicted octanol–water partition coefficient (Wildman–Crippen LogP) is 4.45. The maximum atomic E-state index is 13.4. The highest BCUT2D eigenvalue weighted by Crippen LogP contribution is 2.31. The van der Waals surface area contributed by atoms with Gasteiger partial charge in [-0.05, 0) is 74.3 Å². The molecule has 1 N–H and O–H groups in total. The molecule has 0 amide bonds. The van der Waals surface area contributed by atoms with E-state index in [1.165, 1.54) is 30.7 Å². The molecule has 3 aromatic rings. The third-order valence-corrected chi connectivity index (χ3v) is 8.05. The molecule has 37 heavy (non-hydrogen) atoms. The minimum atomic E-state index is -0.195. The van der Waals surface area contributed by atoms with Gasteiger partial charge in [-0.3, -0.25) is 4.90 Å². The third kappa shape index (κ3) is 5.29. The molecule has 2 aromatic carbocycles. The summed E-state index contributed by atoms with van der Waals surface area (Å²) in [6.45, 7) is 7.69. The van der Waals surface area contributed by atoms with Crippen molar-refractivity contribution >= 4 is 22.4 Å². The molecule has 0 radical (unpaired) electrons. The van der Waals surface area contributed by atoms with Crippen LogP contribution in [0.3, 0.4) is 0 Å². The van der Waals surface area contributed by atoms with Gasteiger partial charge < -0.3 is 19.9 Å². The standard InChI is InChI=1S/C30H36FN5O/c1-37-28-10-4-23-18-24(20-32-11-2-12-36-21-22-3-7-27(36)17-22)30(33-29(23)19-28)35-15-13-34(14-16-35)26-8-5-25(31)6-9-26/h3-10,18-19,22,27,32H,2,11-17,20-21H2,1H3. The van der Waals surface area contributed by atoms with Crippen LogP contribution < -0.4 is 19.9 Å². The number of benzene rings is 2. The zero-order valence-corrected chi connectivity index (χ0v) is 21.6. The topological polar surface area (TPSA) is 43.9 Å². The second-order valence-electron chi connectivity index (χ2n) is 10.5. The predicted molar refractivity (Wildman–Crippen MR) is 148 cm³/mol. The lowest BCUT2D eigenvalue weighted by Gasteiger charge is -2.37. The van der Waals surface area contributed by atoms with Gasteiger partial charge >= 0.3 is 0 Å². The Labute approximate surface area is 218 Å². The number of hydrogen-bond acceptors (Lipinski definition) is 6. The van der Waals surface area contributed by atoms with Gasteiger partial charge in [0, 0.05) is 68.0 Å². The molecular weight excluding hydrogens is 465 g/mol. The number of piperazine rings is 1. The number of aromatic nitrogens is 1. The number of nitrogens with zero attached hydrogens (tertiary/aromatic N) is 4. The number of anilines is 2. The van der Waals surface area contributed by atoms with E-state index in [0.717, 1.165) is 86.3 Å². The van der Waals surface area contributed by atoms with Crippen molar-refractivity contribution in [2.24, 2.45) is 5.92 Å². The van der Waals surface area contributed by atoms with E-state index in [2.05, 4.69) is 44.3 Å². The van der Waals surface area contributed by atoms with Crippen molar-refractivity contribution in [3.05, 3.63) is 72.1 Å². The van der Waals surface area contributed by atoms with Gasteiger partial charge in [-0.1, -0.05) is 12.2 Å². The van der Waals surface area contributed by atoms with Gasteiger partial charge in [0.1, 0.15) is 17.4 Å². The third-order valence-electron chi connectivity index (χ3n) is 8.05. The summed E-state index contributed by atoms with van der Waals surface area (Å²) in [5.74, 6) is 2.46. The summed E-state index contributed by atoms with van der Waals surface area (Å²) in [5, 5.41) is 4.83. The summed E-state index contributed by atoms with van der Waals surface area (Å²) in [5.41, 5.74) is 3.26. The summed E-state index contributed by atoms with van der Waals surface area (Å²) in [4.78, 5) is 12.5. The zero-order valence-electron chi connectivity index (χ0n) is 21.6. The van der Waals surface area contributed by atoms with Gasteiger partial charge in [0.2, 0.25) is 0 Å². The van der Waals surface area contributed by atoms with Crippen LogP contribution in [0.2, 0.25) is 0 Å². The van der Waals surface area contributed by atoms with Crippen LogP contribution in [0.15, 0.2) is 60.7 Å². The van der Waals surface area contributed by atoms with Crippen molar-refractivity contribution in [2.45, 2.75) is 25.4 Å². The Hall–Kier alpha value is -3.16. The molecule has 7 heteroatoms. The monoisotopic (exact) mass is 501 g/mol. The van der Waals surface area contributed by atoms with Crippen molar-refractivity contribution in [1.29, 1.82) is 0 Å². The number of halogens is 1. The van der Waals surface area contributed by atoms with Crippen molar-refractivity contribution in [3.63, 3.8) is 0 Å². The molecule has 3 aliphatic rings. The average Bonchev–Trinajstić information content (AvgIpc) is 3.56. The molecule has 0 spiro atoms. The van der Waals surface area contributed by atoms with Crippen molar-refractivity contribution in [3.8, 4) is 5.75 Å². The molecule has 1 aliphatic carbocycles. The smallest absolute Gasteiger partial charge is 0.133 e. The molecule has 2 bridgehead atoms. The molecule has 2 unspecified atom stereocenters. The van der Waals surface area contributed by atoms with E-state index in [9.17, 15) is 4.39 Å². The first kappa shape index (κ1) is 24.2. The van der Waals surface area contributed by atoms with E-state index < -0.39 is 0 Å². The maximum Gasteiger partial charge on any atom is 0.133 e. The molecule has 6 nitrogen and oxygen atoms in total. The van der Waals surface area contributed by atoms with E-state index in [0.29, 0.717) is 6.04 Å². The van der Waals surface area contributed by atoms with Gasteiger partial charge in [-0.2, -0.15) is 0 Å². The fourth-order valence-electron chi connectivity index (χ4n) is 6.02. The highest BCUT2D eigenvalue weighted by molar-refractivity contribution is 5.83. The van der Waals surface area contributed by atoms with Crippen molar-refractivity contribution < 1.29 is 9.13 Å². The Bertz CT molecular complexity index is 1250. The van der Waals surface area contributed by atoms with E-state index >= 15 is 0 Å². The molecule has 2 saturated heterocycles. The van der Waals surface area contributed by atoms with E-state index in [1.54, 1.807) is 7.11 Å². The average molecular weight is 502 g/mol. The first-order chi connectivity index (χ1) is 18.2. The Balaban J connectivity index is 1.13. The van der Waals surface area contributed by atoms with Gasteiger partial charge in [0.15, 0.2) is 0 Å². The van der Waals surface area contributed by atoms with Crippen LogP contribution >= 0.6 is 0 Å². The molecule has 3 heterocycles. The molecular formula is C30H36FN5O. The largest absolute Gasteiger partial charge is 0.497 e. The molecule has 2 aliphatic heterocycles. The Morgan fingerprint density at radius 2 is 1.81 bits per heavy atom. The highest BCUT2D eigenvalue weighted by atomic mass is 19.1. The normalized spacial score (nSPS) is 21.4. The first-order valence-electron chi connectivity index (χ1n) is 13.5. The number of rotatable bonds is 9. The lowest BCUT2D eigenvalue weighted by molar-refractivity contribution is 0.274. The van der Waals surface area contributed by atoms with Crippen LogP contribution in [0.5, 0.6) is 5.75 Å². The zero-order chi connectivity index (χ0) is 25.2. The summed E-state index contributed by atoms with van der Waals surface area (Å²) in [6.07, 6.45) is 7.25. The number of nitrogens with one attached hydrogen (secondary N) is 1. The van der Waals surface area contributed by atoms with Crippen LogP contribution in [0.25, 0.3) is 10.9 Å². The minimum Gasteiger partial charge on any atom is -0.497 e. The van der Waals surface area contributed by atoms with E-state index in [4.69, 9.17) is 9.72 Å². The molecule has 6 rings (SSSR count). The fraction of sp³-hybridized carbons (Fsp3) is 0.433. The summed E-state index contributed by atoms with van der Waals surface area (Å²) < 4.78 is 18.8. The lowest BCUT2D eigenvalue weighted by Crippen LogP contribution is -2.47. The summed E-state index contributed by atoms with van der Waals surface area (Å²) >= 11 is 0. The Kier molecular flexibility index (Phi) is 6.98. The molecule has 0 saturated carbocycles. The number of ether oxygens (including phenoxy) is 1. The molecule has 194 valence electrons. The van der Waals surface area contributed by atoms with Crippen molar-refractivity contribution in [1.82, 2.24) is 15.2 Å². The van der Waals surface area contributed by atoms with Gasteiger partial charge in [0.25, 0.3) is 0 Å². The number of likely N-dealkylation sites (tertiary alicyclic amines) is 1. The minimum absolute atomic E-state index is 0.195. The van der Waals surface area contributed by atoms with Gasteiger partial charge in [-0.25, -0.2) is 9.37 Å². The quantitative estimate of drug-likeness (QED) is 0.345. The highest BCUT2D eigenvalue weighted by Gasteiger charge is 2.32. The Morgan fingerprint density at radius 3 is 2.54 bits per heavy atom. The number of pyridine rings is 1. The van der Waals surface area contributed by atoms with Crippen LogP contribution in [-0.2, 0) is 6.54 Å². The fourth-order valence-corrected chi connectivity index (χ4v) is 6.02. The second-order valence-corrected chi connectivity index (χ2v) is 10.5. The number of hydrogen-bond donors (Lipinski definition) is 1. The summed E-state index contributed by atoms with van der Waals surface area (Å²) in [7, 11) is 1.69. The molecule has 2 fully saturated rings. The van der Waals surface area contributed by atoms with E-state index in [-0.39, 0.29) is 5.82 Å². The Morgan fingerprint density at radius 1 is 1.00 bits per heavy atom. The van der Waals surface area contributed by atoms with Gasteiger partial charge in [-0.15, -0.1) is 0 Å². The molecule has 2 atom stereocenters. The SMILES string of the molecule is COc1ccc2cc(CNCCCN3CC4C=CC3C4)c(N3CCN(c4ccc(F)cc4)CC3)nc2c1.